The molecule has 30 heavy (non-hydrogen) atoms. The SMILES string of the molecule is N#C/C(=C/Nc1ccccc1N1CCOCC1)C(=O)Nc1ccc(S(N)(=O)=O)cc1. The van der Waals surface area contributed by atoms with Gasteiger partial charge in [0.2, 0.25) is 10.0 Å². The van der Waals surface area contributed by atoms with E-state index in [1.165, 1.54) is 30.5 Å². The van der Waals surface area contributed by atoms with Gasteiger partial charge < -0.3 is 20.3 Å². The molecule has 0 atom stereocenters. The Labute approximate surface area is 174 Å². The van der Waals surface area contributed by atoms with Crippen LogP contribution in [0.4, 0.5) is 17.1 Å². The molecule has 1 amide bonds. The number of nitrogens with zero attached hydrogens (tertiary/aromatic N) is 2. The number of sulfonamides is 1. The van der Waals surface area contributed by atoms with Crippen LogP contribution in [0, 0.1) is 11.3 Å². The number of primary sulfonamides is 1. The van der Waals surface area contributed by atoms with Gasteiger partial charge in [-0.3, -0.25) is 4.79 Å². The Morgan fingerprint density at radius 3 is 2.43 bits per heavy atom. The van der Waals surface area contributed by atoms with Crippen LogP contribution >= 0.6 is 0 Å². The molecule has 0 unspecified atom stereocenters. The van der Waals surface area contributed by atoms with Gasteiger partial charge in [-0.1, -0.05) is 12.1 Å². The van der Waals surface area contributed by atoms with Crippen LogP contribution < -0.4 is 20.7 Å². The number of hydrogen-bond acceptors (Lipinski definition) is 7. The molecule has 1 aliphatic rings. The van der Waals surface area contributed by atoms with Crippen LogP contribution in [0.3, 0.4) is 0 Å². The molecule has 0 radical (unpaired) electrons. The van der Waals surface area contributed by atoms with Crippen molar-refractivity contribution in [2.45, 2.75) is 4.90 Å². The quantitative estimate of drug-likeness (QED) is 0.470. The van der Waals surface area contributed by atoms with Crippen molar-refractivity contribution in [3.63, 3.8) is 0 Å². The number of nitrogens with two attached hydrogens (primary N) is 1. The molecule has 4 N–H and O–H groups in total. The average molecular weight is 427 g/mol. The van der Waals surface area contributed by atoms with E-state index in [1.54, 1.807) is 0 Å². The highest BCUT2D eigenvalue weighted by Crippen LogP contribution is 2.26. The summed E-state index contributed by atoms with van der Waals surface area (Å²) in [6, 6.07) is 14.8. The minimum absolute atomic E-state index is 0.0714. The lowest BCUT2D eigenvalue weighted by Crippen LogP contribution is -2.36. The third-order valence-electron chi connectivity index (χ3n) is 4.43. The first-order valence-electron chi connectivity index (χ1n) is 9.11. The number of carbonyl (C=O) groups is 1. The zero-order chi connectivity index (χ0) is 21.6. The average Bonchev–Trinajstić information content (AvgIpc) is 2.75. The lowest BCUT2D eigenvalue weighted by atomic mass is 10.2. The van der Waals surface area contributed by atoms with Crippen molar-refractivity contribution in [2.75, 3.05) is 41.8 Å². The maximum Gasteiger partial charge on any atom is 0.267 e. The summed E-state index contributed by atoms with van der Waals surface area (Å²) in [7, 11) is -3.82. The van der Waals surface area contributed by atoms with Crippen molar-refractivity contribution in [1.82, 2.24) is 0 Å². The van der Waals surface area contributed by atoms with Crippen molar-refractivity contribution in [1.29, 1.82) is 5.26 Å². The van der Waals surface area contributed by atoms with Gasteiger partial charge in [0.15, 0.2) is 0 Å². The van der Waals surface area contributed by atoms with Gasteiger partial charge in [0, 0.05) is 25.0 Å². The fraction of sp³-hybridized carbons (Fsp3) is 0.200. The Balaban J connectivity index is 1.72. The Bertz CT molecular complexity index is 1080. The highest BCUT2D eigenvalue weighted by Gasteiger charge is 2.15. The number of hydrogen-bond donors (Lipinski definition) is 3. The number of morpholine rings is 1. The summed E-state index contributed by atoms with van der Waals surface area (Å²) in [6.07, 6.45) is 1.34. The fourth-order valence-corrected chi connectivity index (χ4v) is 3.42. The van der Waals surface area contributed by atoms with E-state index in [4.69, 9.17) is 9.88 Å². The van der Waals surface area contributed by atoms with E-state index in [9.17, 15) is 18.5 Å². The molecule has 0 bridgehead atoms. The Morgan fingerprint density at radius 1 is 1.13 bits per heavy atom. The first-order valence-corrected chi connectivity index (χ1v) is 10.7. The Morgan fingerprint density at radius 2 is 1.80 bits per heavy atom. The van der Waals surface area contributed by atoms with Gasteiger partial charge in [0.25, 0.3) is 5.91 Å². The summed E-state index contributed by atoms with van der Waals surface area (Å²) in [5, 5.41) is 20.0. The molecule has 3 rings (SSSR count). The van der Waals surface area contributed by atoms with Gasteiger partial charge in [0.05, 0.1) is 29.5 Å². The Kier molecular flexibility index (Phi) is 6.68. The van der Waals surface area contributed by atoms with Crippen LogP contribution in [0.5, 0.6) is 0 Å². The zero-order valence-corrected chi connectivity index (χ0v) is 16.9. The Hall–Kier alpha value is -3.39. The van der Waals surface area contributed by atoms with E-state index < -0.39 is 15.9 Å². The van der Waals surface area contributed by atoms with Gasteiger partial charge in [0.1, 0.15) is 11.6 Å². The van der Waals surface area contributed by atoms with Crippen LogP contribution in [0.15, 0.2) is 65.2 Å². The molecule has 0 saturated carbocycles. The highest BCUT2D eigenvalue weighted by molar-refractivity contribution is 7.89. The van der Waals surface area contributed by atoms with Gasteiger partial charge in [-0.2, -0.15) is 5.26 Å². The molecule has 9 nitrogen and oxygen atoms in total. The molecular weight excluding hydrogens is 406 g/mol. The molecule has 2 aromatic carbocycles. The molecular formula is C20H21N5O4S. The van der Waals surface area contributed by atoms with Crippen LogP contribution in [0.25, 0.3) is 0 Å². The second-order valence-electron chi connectivity index (χ2n) is 6.45. The number of benzene rings is 2. The van der Waals surface area contributed by atoms with Crippen LogP contribution in [0.1, 0.15) is 0 Å². The summed E-state index contributed by atoms with van der Waals surface area (Å²) in [5.41, 5.74) is 1.91. The number of nitrogens with one attached hydrogen (secondary N) is 2. The molecule has 1 saturated heterocycles. The van der Waals surface area contributed by atoms with Crippen molar-refractivity contribution in [3.8, 4) is 6.07 Å². The highest BCUT2D eigenvalue weighted by atomic mass is 32.2. The van der Waals surface area contributed by atoms with E-state index in [0.29, 0.717) is 18.9 Å². The maximum absolute atomic E-state index is 12.4. The molecule has 1 fully saturated rings. The predicted molar refractivity (Wildman–Crippen MR) is 113 cm³/mol. The number of carbonyl (C=O) groups excluding carboxylic acids is 1. The fourth-order valence-electron chi connectivity index (χ4n) is 2.90. The summed E-state index contributed by atoms with van der Waals surface area (Å²) in [5.74, 6) is -0.628. The third kappa shape index (κ3) is 5.36. The molecule has 1 aliphatic heterocycles. The number of anilines is 3. The number of rotatable bonds is 6. The summed E-state index contributed by atoms with van der Waals surface area (Å²) in [4.78, 5) is 14.5. The van der Waals surface area contributed by atoms with Gasteiger partial charge in [-0.25, -0.2) is 13.6 Å². The lowest BCUT2D eigenvalue weighted by Gasteiger charge is -2.30. The van der Waals surface area contributed by atoms with Gasteiger partial charge in [-0.15, -0.1) is 0 Å². The van der Waals surface area contributed by atoms with Crippen LogP contribution in [-0.4, -0.2) is 40.6 Å². The van der Waals surface area contributed by atoms with Crippen molar-refractivity contribution in [3.05, 3.63) is 60.3 Å². The minimum Gasteiger partial charge on any atom is -0.378 e. The first-order chi connectivity index (χ1) is 14.4. The standard InChI is InChI=1S/C20H21N5O4S/c21-13-15(20(26)24-16-5-7-17(8-6-16)30(22,27)28)14-23-18-3-1-2-4-19(18)25-9-11-29-12-10-25/h1-8,14,23H,9-12H2,(H,24,26)(H2,22,27,28)/b15-14-. The summed E-state index contributed by atoms with van der Waals surface area (Å²) < 4.78 is 28.0. The lowest BCUT2D eigenvalue weighted by molar-refractivity contribution is -0.112. The minimum atomic E-state index is -3.82. The maximum atomic E-state index is 12.4. The second-order valence-corrected chi connectivity index (χ2v) is 8.02. The molecule has 156 valence electrons. The van der Waals surface area contributed by atoms with Crippen LogP contribution in [0.2, 0.25) is 0 Å². The molecule has 0 spiro atoms. The smallest absolute Gasteiger partial charge is 0.267 e. The normalized spacial score (nSPS) is 14.7. The predicted octanol–water partition coefficient (Wildman–Crippen LogP) is 1.63. The second kappa shape index (κ2) is 9.41. The van der Waals surface area contributed by atoms with E-state index in [2.05, 4.69) is 15.5 Å². The van der Waals surface area contributed by atoms with Gasteiger partial charge in [-0.05, 0) is 36.4 Å². The third-order valence-corrected chi connectivity index (χ3v) is 5.36. The molecule has 0 aromatic heterocycles. The molecule has 1 heterocycles. The number of amides is 1. The monoisotopic (exact) mass is 427 g/mol. The van der Waals surface area contributed by atoms with Crippen molar-refractivity contribution < 1.29 is 17.9 Å². The van der Waals surface area contributed by atoms with Crippen molar-refractivity contribution in [2.24, 2.45) is 5.14 Å². The van der Waals surface area contributed by atoms with E-state index in [-0.39, 0.29) is 10.5 Å². The topological polar surface area (TPSA) is 138 Å². The van der Waals surface area contributed by atoms with Crippen LogP contribution in [-0.2, 0) is 19.6 Å². The van der Waals surface area contributed by atoms with Gasteiger partial charge >= 0.3 is 0 Å². The largest absolute Gasteiger partial charge is 0.378 e. The van der Waals surface area contributed by atoms with E-state index in [1.807, 2.05) is 30.3 Å². The van der Waals surface area contributed by atoms with E-state index in [0.717, 1.165) is 24.5 Å². The molecule has 10 heteroatoms. The first kappa shape index (κ1) is 21.3. The number of ether oxygens (including phenoxy) is 1. The molecule has 2 aromatic rings. The number of nitriles is 1. The molecule has 0 aliphatic carbocycles. The van der Waals surface area contributed by atoms with Crippen molar-refractivity contribution >= 4 is 33.0 Å². The number of para-hydroxylation sites is 2. The zero-order valence-electron chi connectivity index (χ0n) is 16.0. The van der Waals surface area contributed by atoms with E-state index >= 15 is 0 Å². The summed E-state index contributed by atoms with van der Waals surface area (Å²) >= 11 is 0. The summed E-state index contributed by atoms with van der Waals surface area (Å²) in [6.45, 7) is 2.78.